The van der Waals surface area contributed by atoms with Gasteiger partial charge in [-0.1, -0.05) is 41.4 Å². The van der Waals surface area contributed by atoms with Crippen molar-refractivity contribution in [3.8, 4) is 0 Å². The highest BCUT2D eigenvalue weighted by molar-refractivity contribution is 9.10. The van der Waals surface area contributed by atoms with Crippen LogP contribution in [-0.2, 0) is 6.42 Å². The third-order valence-electron chi connectivity index (χ3n) is 2.92. The predicted octanol–water partition coefficient (Wildman–Crippen LogP) is 4.98. The summed E-state index contributed by atoms with van der Waals surface area (Å²) in [5.74, 6) is 0. The van der Waals surface area contributed by atoms with Crippen LogP contribution in [-0.4, -0.2) is 7.05 Å². The molecule has 0 fully saturated rings. The van der Waals surface area contributed by atoms with Crippen LogP contribution in [0.3, 0.4) is 0 Å². The number of benzene rings is 1. The molecule has 1 unspecified atom stereocenters. The number of likely N-dealkylation sites (N-methyl/N-ethyl adjacent to an activating group) is 1. The molecule has 0 aliphatic rings. The molecule has 1 nitrogen and oxygen atoms in total. The second kappa shape index (κ2) is 6.20. The molecule has 2 rings (SSSR count). The lowest BCUT2D eigenvalue weighted by Gasteiger charge is -2.14. The zero-order valence-corrected chi connectivity index (χ0v) is 13.5. The van der Waals surface area contributed by atoms with E-state index >= 15 is 0 Å². The van der Waals surface area contributed by atoms with E-state index in [2.05, 4.69) is 58.5 Å². The van der Waals surface area contributed by atoms with E-state index in [0.717, 1.165) is 15.2 Å². The van der Waals surface area contributed by atoms with Gasteiger partial charge in [-0.15, -0.1) is 11.3 Å². The molecule has 0 saturated carbocycles. The number of halogens is 2. The van der Waals surface area contributed by atoms with Crippen LogP contribution in [0.25, 0.3) is 0 Å². The number of rotatable bonds is 4. The molecule has 1 aromatic carbocycles. The fourth-order valence-corrected chi connectivity index (χ4v) is 3.69. The summed E-state index contributed by atoms with van der Waals surface area (Å²) in [6.07, 6.45) is 0.972. The van der Waals surface area contributed by atoms with Gasteiger partial charge in [0.05, 0.1) is 0 Å². The van der Waals surface area contributed by atoms with Crippen molar-refractivity contribution in [2.24, 2.45) is 0 Å². The van der Waals surface area contributed by atoms with Crippen molar-refractivity contribution in [3.05, 3.63) is 55.1 Å². The Bertz CT molecular complexity index is 502. The number of nitrogens with one attached hydrogen (secondary N) is 1. The van der Waals surface area contributed by atoms with Crippen molar-refractivity contribution < 1.29 is 0 Å². The highest BCUT2D eigenvalue weighted by Crippen LogP contribution is 2.36. The normalized spacial score (nSPS) is 12.7. The molecule has 1 aromatic heterocycles. The van der Waals surface area contributed by atoms with Gasteiger partial charge in [0.25, 0.3) is 0 Å². The van der Waals surface area contributed by atoms with Gasteiger partial charge in [0.1, 0.15) is 4.34 Å². The van der Waals surface area contributed by atoms with E-state index in [-0.39, 0.29) is 0 Å². The van der Waals surface area contributed by atoms with Gasteiger partial charge in [-0.25, -0.2) is 0 Å². The lowest BCUT2D eigenvalue weighted by molar-refractivity contribution is 0.602. The van der Waals surface area contributed by atoms with Crippen LogP contribution in [0.5, 0.6) is 0 Å². The summed E-state index contributed by atoms with van der Waals surface area (Å²) in [4.78, 5) is 1.26. The Morgan fingerprint density at radius 2 is 2.00 bits per heavy atom. The van der Waals surface area contributed by atoms with Crippen molar-refractivity contribution in [2.45, 2.75) is 19.4 Å². The van der Waals surface area contributed by atoms with Crippen LogP contribution in [0.4, 0.5) is 0 Å². The molecule has 0 bridgehead atoms. The Morgan fingerprint density at radius 3 is 2.50 bits per heavy atom. The SMILES string of the molecule is CNC(Cc1ccc(C)cc1)c1cc(Br)c(Cl)s1. The van der Waals surface area contributed by atoms with Crippen molar-refractivity contribution in [3.63, 3.8) is 0 Å². The standard InChI is InChI=1S/C14H15BrClNS/c1-9-3-5-10(6-4-9)7-12(17-2)13-8-11(15)14(16)18-13/h3-6,8,12,17H,7H2,1-2H3. The molecule has 0 aliphatic heterocycles. The highest BCUT2D eigenvalue weighted by atomic mass is 79.9. The summed E-state index contributed by atoms with van der Waals surface area (Å²) >= 11 is 11.2. The third kappa shape index (κ3) is 3.35. The first-order chi connectivity index (χ1) is 8.60. The minimum atomic E-state index is 0.307. The van der Waals surface area contributed by atoms with E-state index in [1.807, 2.05) is 7.05 Å². The van der Waals surface area contributed by atoms with Gasteiger partial charge in [0, 0.05) is 15.4 Å². The maximum absolute atomic E-state index is 6.10. The average molecular weight is 345 g/mol. The number of hydrogen-bond acceptors (Lipinski definition) is 2. The van der Waals surface area contributed by atoms with Crippen LogP contribution in [0.15, 0.2) is 34.8 Å². The molecule has 2 aromatic rings. The Labute approximate surface area is 125 Å². The maximum Gasteiger partial charge on any atom is 0.107 e. The summed E-state index contributed by atoms with van der Waals surface area (Å²) in [5.41, 5.74) is 2.63. The van der Waals surface area contributed by atoms with Crippen LogP contribution < -0.4 is 5.32 Å². The second-order valence-corrected chi connectivity index (χ2v) is 6.84. The third-order valence-corrected chi connectivity index (χ3v) is 5.50. The van der Waals surface area contributed by atoms with Gasteiger partial charge >= 0.3 is 0 Å². The minimum Gasteiger partial charge on any atom is -0.312 e. The first-order valence-electron chi connectivity index (χ1n) is 5.77. The molecule has 96 valence electrons. The van der Waals surface area contributed by atoms with Crippen molar-refractivity contribution in [1.82, 2.24) is 5.32 Å². The quantitative estimate of drug-likeness (QED) is 0.825. The molecule has 0 amide bonds. The molecule has 18 heavy (non-hydrogen) atoms. The molecule has 0 spiro atoms. The van der Waals surface area contributed by atoms with Gasteiger partial charge in [0.15, 0.2) is 0 Å². The second-order valence-electron chi connectivity index (χ2n) is 4.30. The maximum atomic E-state index is 6.10. The highest BCUT2D eigenvalue weighted by Gasteiger charge is 2.14. The fourth-order valence-electron chi connectivity index (χ4n) is 1.84. The molecular formula is C14H15BrClNS. The number of aryl methyl sites for hydroxylation is 1. The van der Waals surface area contributed by atoms with Crippen molar-refractivity contribution in [1.29, 1.82) is 0 Å². The Kier molecular flexibility index (Phi) is 4.84. The summed E-state index contributed by atoms with van der Waals surface area (Å²) in [5, 5.41) is 3.35. The van der Waals surface area contributed by atoms with E-state index in [0.29, 0.717) is 6.04 Å². The van der Waals surface area contributed by atoms with Crippen molar-refractivity contribution >= 4 is 38.9 Å². The smallest absolute Gasteiger partial charge is 0.107 e. The van der Waals surface area contributed by atoms with Crippen molar-refractivity contribution in [2.75, 3.05) is 7.05 Å². The molecular weight excluding hydrogens is 330 g/mol. The van der Waals surface area contributed by atoms with E-state index in [4.69, 9.17) is 11.6 Å². The van der Waals surface area contributed by atoms with Crippen LogP contribution in [0.2, 0.25) is 4.34 Å². The zero-order valence-electron chi connectivity index (χ0n) is 10.3. The molecule has 1 heterocycles. The van der Waals surface area contributed by atoms with Crippen LogP contribution >= 0.6 is 38.9 Å². The van der Waals surface area contributed by atoms with E-state index in [1.165, 1.54) is 16.0 Å². The summed E-state index contributed by atoms with van der Waals surface area (Å²) < 4.78 is 1.79. The minimum absolute atomic E-state index is 0.307. The van der Waals surface area contributed by atoms with Gasteiger partial charge in [-0.2, -0.15) is 0 Å². The lowest BCUT2D eigenvalue weighted by Crippen LogP contribution is -2.17. The monoisotopic (exact) mass is 343 g/mol. The van der Waals surface area contributed by atoms with E-state index in [1.54, 1.807) is 11.3 Å². The van der Waals surface area contributed by atoms with Gasteiger partial charge in [-0.05, 0) is 48.0 Å². The molecule has 0 saturated heterocycles. The molecule has 4 heteroatoms. The first-order valence-corrected chi connectivity index (χ1v) is 7.76. The topological polar surface area (TPSA) is 12.0 Å². The summed E-state index contributed by atoms with van der Waals surface area (Å²) in [7, 11) is 1.99. The summed E-state index contributed by atoms with van der Waals surface area (Å²) in [6.45, 7) is 2.11. The molecule has 1 atom stereocenters. The fraction of sp³-hybridized carbons (Fsp3) is 0.286. The molecule has 0 radical (unpaired) electrons. The van der Waals surface area contributed by atoms with Crippen LogP contribution in [0, 0.1) is 6.92 Å². The first kappa shape index (κ1) is 14.1. The number of thiophene rings is 1. The lowest BCUT2D eigenvalue weighted by atomic mass is 10.0. The van der Waals surface area contributed by atoms with Gasteiger partial charge in [0.2, 0.25) is 0 Å². The molecule has 1 N–H and O–H groups in total. The van der Waals surface area contributed by atoms with Crippen LogP contribution in [0.1, 0.15) is 22.0 Å². The zero-order chi connectivity index (χ0) is 13.1. The Morgan fingerprint density at radius 1 is 1.33 bits per heavy atom. The Balaban J connectivity index is 2.16. The van der Waals surface area contributed by atoms with Gasteiger partial charge < -0.3 is 5.32 Å². The Hall–Kier alpha value is -0.350. The molecule has 0 aliphatic carbocycles. The average Bonchev–Trinajstić information content (AvgIpc) is 2.69. The predicted molar refractivity (Wildman–Crippen MR) is 83.7 cm³/mol. The van der Waals surface area contributed by atoms with Gasteiger partial charge in [-0.3, -0.25) is 0 Å². The number of hydrogen-bond donors (Lipinski definition) is 1. The van der Waals surface area contributed by atoms with E-state index < -0.39 is 0 Å². The van der Waals surface area contributed by atoms with E-state index in [9.17, 15) is 0 Å². The largest absolute Gasteiger partial charge is 0.312 e. The summed E-state index contributed by atoms with van der Waals surface area (Å²) in [6, 6.07) is 11.1.